The number of benzene rings is 1. The highest BCUT2D eigenvalue weighted by molar-refractivity contribution is 7.89. The fraction of sp³-hybridized carbons (Fsp3) is 0.524. The molecule has 2 aromatic rings. The molecule has 30 heavy (non-hydrogen) atoms. The number of hydrogen-bond acceptors (Lipinski definition) is 4. The van der Waals surface area contributed by atoms with Crippen LogP contribution in [-0.2, 0) is 23.1 Å². The van der Waals surface area contributed by atoms with E-state index < -0.39 is 10.0 Å². The molecule has 0 unspecified atom stereocenters. The Balaban J connectivity index is 1.53. The summed E-state index contributed by atoms with van der Waals surface area (Å²) in [4.78, 5) is 4.97. The summed E-state index contributed by atoms with van der Waals surface area (Å²) in [6.45, 7) is 6.17. The summed E-state index contributed by atoms with van der Waals surface area (Å²) < 4.78 is 29.0. The highest BCUT2D eigenvalue weighted by atomic mass is 32.2. The van der Waals surface area contributed by atoms with Crippen molar-refractivity contribution >= 4 is 16.0 Å². The molecule has 0 spiro atoms. The van der Waals surface area contributed by atoms with Crippen molar-refractivity contribution in [2.45, 2.75) is 50.6 Å². The minimum absolute atomic E-state index is 0.362. The molecule has 1 aliphatic heterocycles. The smallest absolute Gasteiger partial charge is 0.243 e. The van der Waals surface area contributed by atoms with Gasteiger partial charge >= 0.3 is 0 Å². The maximum atomic E-state index is 12.8. The summed E-state index contributed by atoms with van der Waals surface area (Å²) in [5.41, 5.74) is 0.973. The number of hydrogen-bond donors (Lipinski definition) is 2. The van der Waals surface area contributed by atoms with Gasteiger partial charge in [0.2, 0.25) is 10.0 Å². The van der Waals surface area contributed by atoms with E-state index in [1.165, 1.54) is 0 Å². The zero-order valence-corrected chi connectivity index (χ0v) is 18.4. The Morgan fingerprint density at radius 2 is 1.90 bits per heavy atom. The number of nitrogens with one attached hydrogen (secondary N) is 2. The van der Waals surface area contributed by atoms with E-state index >= 15 is 0 Å². The monoisotopic (exact) mass is 432 g/mol. The predicted octanol–water partition coefficient (Wildman–Crippen LogP) is 2.20. The topological polar surface area (TPSA) is 91.6 Å². The molecule has 2 N–H and O–H groups in total. The number of guanidine groups is 1. The Bertz CT molecular complexity index is 888. The van der Waals surface area contributed by atoms with E-state index in [1.807, 2.05) is 36.0 Å². The summed E-state index contributed by atoms with van der Waals surface area (Å²) >= 11 is 0. The van der Waals surface area contributed by atoms with E-state index in [-0.39, 0.29) is 0 Å². The van der Waals surface area contributed by atoms with Crippen molar-refractivity contribution < 1.29 is 8.42 Å². The van der Waals surface area contributed by atoms with Crippen LogP contribution in [0.3, 0.4) is 0 Å². The highest BCUT2D eigenvalue weighted by Crippen LogP contribution is 2.21. The van der Waals surface area contributed by atoms with Crippen molar-refractivity contribution in [1.82, 2.24) is 24.7 Å². The number of nitrogens with zero attached hydrogens (tertiary/aromatic N) is 4. The van der Waals surface area contributed by atoms with E-state index in [2.05, 4.69) is 20.7 Å². The van der Waals surface area contributed by atoms with Gasteiger partial charge in [0.15, 0.2) is 5.96 Å². The zero-order valence-electron chi connectivity index (χ0n) is 17.6. The first-order valence-electron chi connectivity index (χ1n) is 10.7. The van der Waals surface area contributed by atoms with Crippen LogP contribution in [0.2, 0.25) is 0 Å². The Morgan fingerprint density at radius 1 is 1.13 bits per heavy atom. The van der Waals surface area contributed by atoms with Gasteiger partial charge in [0.25, 0.3) is 0 Å². The first-order chi connectivity index (χ1) is 14.6. The van der Waals surface area contributed by atoms with Crippen molar-refractivity contribution in [2.24, 2.45) is 4.99 Å². The predicted molar refractivity (Wildman–Crippen MR) is 119 cm³/mol. The Kier molecular flexibility index (Phi) is 8.27. The van der Waals surface area contributed by atoms with Gasteiger partial charge in [-0.25, -0.2) is 13.4 Å². The third kappa shape index (κ3) is 6.30. The second-order valence-electron chi connectivity index (χ2n) is 7.35. The third-order valence-corrected chi connectivity index (χ3v) is 6.97. The number of rotatable bonds is 9. The van der Waals surface area contributed by atoms with Crippen LogP contribution in [0.4, 0.5) is 0 Å². The normalized spacial score (nSPS) is 15.8. The Morgan fingerprint density at radius 3 is 2.57 bits per heavy atom. The lowest BCUT2D eigenvalue weighted by Crippen LogP contribution is -2.38. The van der Waals surface area contributed by atoms with Gasteiger partial charge in [0.1, 0.15) is 0 Å². The lowest BCUT2D eigenvalue weighted by molar-refractivity contribution is 0.346. The molecular formula is C21H32N6O2S. The molecule has 0 atom stereocenters. The van der Waals surface area contributed by atoms with Crippen molar-refractivity contribution in [3.63, 3.8) is 0 Å². The zero-order chi connectivity index (χ0) is 21.2. The Hall–Kier alpha value is -2.39. The largest absolute Gasteiger partial charge is 0.357 e. The molecule has 0 aliphatic carbocycles. The minimum atomic E-state index is -3.39. The first-order valence-corrected chi connectivity index (χ1v) is 12.1. The van der Waals surface area contributed by atoms with Crippen molar-refractivity contribution in [2.75, 3.05) is 26.2 Å². The SMILES string of the molecule is CCNC(=NCc1ccc(S(=O)(=O)N2CCCCC2)cc1)NCCCn1cccn1. The third-order valence-electron chi connectivity index (χ3n) is 5.06. The molecule has 1 saturated heterocycles. The molecule has 9 heteroatoms. The summed E-state index contributed by atoms with van der Waals surface area (Å²) in [6, 6.07) is 9.00. The van der Waals surface area contributed by atoms with Crippen LogP contribution in [0, 0.1) is 0 Å². The van der Waals surface area contributed by atoms with E-state index in [9.17, 15) is 8.42 Å². The molecule has 0 saturated carbocycles. The first kappa shape index (κ1) is 22.3. The van der Waals surface area contributed by atoms with Gasteiger partial charge in [0.05, 0.1) is 11.4 Å². The van der Waals surface area contributed by atoms with Gasteiger partial charge in [-0.05, 0) is 49.9 Å². The van der Waals surface area contributed by atoms with Gasteiger partial charge in [-0.1, -0.05) is 18.6 Å². The van der Waals surface area contributed by atoms with E-state index in [4.69, 9.17) is 0 Å². The van der Waals surface area contributed by atoms with Crippen LogP contribution in [-0.4, -0.2) is 54.6 Å². The molecular weight excluding hydrogens is 400 g/mol. The Labute approximate surface area is 179 Å². The number of aryl methyl sites for hydroxylation is 1. The number of aliphatic imine (C=N–C) groups is 1. The number of aromatic nitrogens is 2. The highest BCUT2D eigenvalue weighted by Gasteiger charge is 2.25. The molecule has 0 bridgehead atoms. The molecule has 0 amide bonds. The molecule has 3 rings (SSSR count). The van der Waals surface area contributed by atoms with Crippen LogP contribution in [0.5, 0.6) is 0 Å². The fourth-order valence-electron chi connectivity index (χ4n) is 3.41. The molecule has 1 aromatic carbocycles. The van der Waals surface area contributed by atoms with Crippen LogP contribution in [0.25, 0.3) is 0 Å². The second-order valence-corrected chi connectivity index (χ2v) is 9.29. The fourth-order valence-corrected chi connectivity index (χ4v) is 4.93. The lowest BCUT2D eigenvalue weighted by Gasteiger charge is -2.25. The van der Waals surface area contributed by atoms with E-state index in [1.54, 1.807) is 22.6 Å². The van der Waals surface area contributed by atoms with Crippen LogP contribution < -0.4 is 10.6 Å². The van der Waals surface area contributed by atoms with Gasteiger partial charge in [-0.2, -0.15) is 9.40 Å². The maximum Gasteiger partial charge on any atom is 0.243 e. The van der Waals surface area contributed by atoms with E-state index in [0.717, 1.165) is 56.8 Å². The van der Waals surface area contributed by atoms with Crippen molar-refractivity contribution in [1.29, 1.82) is 0 Å². The average Bonchev–Trinajstić information content (AvgIpc) is 3.29. The molecule has 1 aliphatic rings. The van der Waals surface area contributed by atoms with Crippen molar-refractivity contribution in [3.8, 4) is 0 Å². The van der Waals surface area contributed by atoms with Gasteiger partial charge in [-0.15, -0.1) is 0 Å². The summed E-state index contributed by atoms with van der Waals surface area (Å²) in [5, 5.41) is 10.8. The minimum Gasteiger partial charge on any atom is -0.357 e. The number of sulfonamides is 1. The standard InChI is InChI=1S/C21H32N6O2S/c1-2-22-21(23-12-6-14-26-15-7-13-25-26)24-18-19-8-10-20(11-9-19)30(28,29)27-16-4-3-5-17-27/h7-11,13,15H,2-6,12,14,16-18H2,1H3,(H2,22,23,24). The van der Waals surface area contributed by atoms with Crippen LogP contribution in [0.15, 0.2) is 52.6 Å². The molecule has 1 fully saturated rings. The van der Waals surface area contributed by atoms with Gasteiger partial charge in [0, 0.05) is 45.1 Å². The lowest BCUT2D eigenvalue weighted by atomic mass is 10.2. The maximum absolute atomic E-state index is 12.8. The van der Waals surface area contributed by atoms with Gasteiger partial charge in [-0.3, -0.25) is 4.68 Å². The van der Waals surface area contributed by atoms with Crippen LogP contribution >= 0.6 is 0 Å². The van der Waals surface area contributed by atoms with Crippen LogP contribution in [0.1, 0.15) is 38.2 Å². The molecule has 1 aromatic heterocycles. The summed E-state index contributed by atoms with van der Waals surface area (Å²) in [7, 11) is -3.39. The number of piperidine rings is 1. The summed E-state index contributed by atoms with van der Waals surface area (Å²) in [5.74, 6) is 0.753. The molecule has 164 valence electrons. The second kappa shape index (κ2) is 11.1. The molecule has 0 radical (unpaired) electrons. The molecule has 2 heterocycles. The quantitative estimate of drug-likeness (QED) is 0.360. The summed E-state index contributed by atoms with van der Waals surface area (Å²) in [6.07, 6.45) is 7.66. The van der Waals surface area contributed by atoms with Gasteiger partial charge < -0.3 is 10.6 Å². The van der Waals surface area contributed by atoms with Crippen molar-refractivity contribution in [3.05, 3.63) is 48.3 Å². The molecule has 8 nitrogen and oxygen atoms in total. The van der Waals surface area contributed by atoms with E-state index in [0.29, 0.717) is 24.5 Å². The average molecular weight is 433 g/mol.